The zero-order valence-electron chi connectivity index (χ0n) is 12.8. The highest BCUT2D eigenvalue weighted by Gasteiger charge is 2.43. The maximum Gasteiger partial charge on any atom is 0.326 e. The molecule has 0 radical (unpaired) electrons. The summed E-state index contributed by atoms with van der Waals surface area (Å²) in [5, 5.41) is 3.41. The Bertz CT molecular complexity index is 263. The number of hydrogen-bond acceptors (Lipinski definition) is 4. The van der Waals surface area contributed by atoms with Gasteiger partial charge < -0.3 is 10.1 Å². The average molecular weight is 270 g/mol. The molecule has 0 saturated carbocycles. The molecule has 0 bridgehead atoms. The molecule has 1 saturated heterocycles. The fraction of sp³-hybridized carbons (Fsp3) is 0.933. The third-order valence-electron chi connectivity index (χ3n) is 4.13. The minimum absolute atomic E-state index is 0.0205. The van der Waals surface area contributed by atoms with E-state index in [1.165, 1.54) is 0 Å². The highest BCUT2D eigenvalue weighted by Crippen LogP contribution is 2.29. The van der Waals surface area contributed by atoms with E-state index in [0.717, 1.165) is 58.3 Å². The van der Waals surface area contributed by atoms with Gasteiger partial charge in [0.15, 0.2) is 0 Å². The lowest BCUT2D eigenvalue weighted by atomic mass is 9.87. The first-order valence-corrected chi connectivity index (χ1v) is 7.84. The Labute approximate surface area is 117 Å². The van der Waals surface area contributed by atoms with Crippen LogP contribution in [0.5, 0.6) is 0 Å². The Morgan fingerprint density at radius 2 is 2.05 bits per heavy atom. The molecule has 0 aromatic rings. The van der Waals surface area contributed by atoms with Gasteiger partial charge in [-0.1, -0.05) is 26.7 Å². The van der Waals surface area contributed by atoms with Crippen LogP contribution in [0.2, 0.25) is 0 Å². The molecular formula is C15H30N2O2. The van der Waals surface area contributed by atoms with Crippen molar-refractivity contribution in [2.45, 2.75) is 58.4 Å². The topological polar surface area (TPSA) is 41.6 Å². The van der Waals surface area contributed by atoms with Gasteiger partial charge in [-0.2, -0.15) is 0 Å². The lowest BCUT2D eigenvalue weighted by Crippen LogP contribution is -2.56. The van der Waals surface area contributed by atoms with Crippen molar-refractivity contribution in [1.29, 1.82) is 0 Å². The molecule has 1 heterocycles. The molecular weight excluding hydrogens is 240 g/mol. The van der Waals surface area contributed by atoms with Crippen LogP contribution >= 0.6 is 0 Å². The number of nitrogens with one attached hydrogen (secondary N) is 1. The van der Waals surface area contributed by atoms with Crippen LogP contribution in [0.4, 0.5) is 0 Å². The van der Waals surface area contributed by atoms with Gasteiger partial charge in [-0.3, -0.25) is 9.69 Å². The van der Waals surface area contributed by atoms with Gasteiger partial charge in [0, 0.05) is 19.6 Å². The molecule has 1 atom stereocenters. The van der Waals surface area contributed by atoms with Crippen molar-refractivity contribution in [2.75, 3.05) is 32.8 Å². The van der Waals surface area contributed by atoms with Gasteiger partial charge in [-0.15, -0.1) is 0 Å². The van der Waals surface area contributed by atoms with Gasteiger partial charge in [0.05, 0.1) is 6.61 Å². The van der Waals surface area contributed by atoms with Gasteiger partial charge >= 0.3 is 5.97 Å². The number of hydrogen-bond donors (Lipinski definition) is 1. The molecule has 0 aliphatic carbocycles. The van der Waals surface area contributed by atoms with Crippen LogP contribution in [0.15, 0.2) is 0 Å². The van der Waals surface area contributed by atoms with Crippen molar-refractivity contribution in [3.63, 3.8) is 0 Å². The van der Waals surface area contributed by atoms with Crippen molar-refractivity contribution in [3.8, 4) is 0 Å². The molecule has 112 valence electrons. The molecule has 1 unspecified atom stereocenters. The third kappa shape index (κ3) is 4.18. The van der Waals surface area contributed by atoms with Crippen molar-refractivity contribution in [3.05, 3.63) is 0 Å². The fourth-order valence-electron chi connectivity index (χ4n) is 2.94. The lowest BCUT2D eigenvalue weighted by molar-refractivity contribution is -0.159. The van der Waals surface area contributed by atoms with E-state index in [2.05, 4.69) is 24.1 Å². The Morgan fingerprint density at radius 1 is 1.26 bits per heavy atom. The maximum atomic E-state index is 12.5. The molecule has 1 N–H and O–H groups in total. The third-order valence-corrected chi connectivity index (χ3v) is 4.13. The summed E-state index contributed by atoms with van der Waals surface area (Å²) in [6.07, 6.45) is 5.06. The monoisotopic (exact) mass is 270 g/mol. The van der Waals surface area contributed by atoms with Crippen molar-refractivity contribution in [1.82, 2.24) is 10.2 Å². The van der Waals surface area contributed by atoms with Gasteiger partial charge in [0.2, 0.25) is 0 Å². The zero-order chi connectivity index (χ0) is 14.1. The predicted octanol–water partition coefficient (Wildman–Crippen LogP) is 2.18. The molecule has 0 aromatic carbocycles. The van der Waals surface area contributed by atoms with Gasteiger partial charge in [-0.05, 0) is 32.7 Å². The lowest BCUT2D eigenvalue weighted by Gasteiger charge is -2.41. The molecule has 4 heteroatoms. The summed E-state index contributed by atoms with van der Waals surface area (Å²) in [5.41, 5.74) is -0.405. The highest BCUT2D eigenvalue weighted by atomic mass is 16.5. The predicted molar refractivity (Wildman–Crippen MR) is 78.2 cm³/mol. The summed E-state index contributed by atoms with van der Waals surface area (Å²) < 4.78 is 5.39. The van der Waals surface area contributed by atoms with Crippen molar-refractivity contribution >= 4 is 5.97 Å². The maximum absolute atomic E-state index is 12.5. The summed E-state index contributed by atoms with van der Waals surface area (Å²) in [6.45, 7) is 10.6. The first-order valence-electron chi connectivity index (χ1n) is 7.84. The molecule has 1 fully saturated rings. The number of rotatable bonds is 7. The first kappa shape index (κ1) is 16.4. The van der Waals surface area contributed by atoms with Crippen LogP contribution < -0.4 is 5.32 Å². The minimum Gasteiger partial charge on any atom is -0.465 e. The van der Waals surface area contributed by atoms with E-state index >= 15 is 0 Å². The van der Waals surface area contributed by atoms with Crippen LogP contribution in [-0.2, 0) is 9.53 Å². The summed E-state index contributed by atoms with van der Waals surface area (Å²) in [6, 6.07) is 0. The molecule has 4 nitrogen and oxygen atoms in total. The van der Waals surface area contributed by atoms with Crippen LogP contribution in [0.25, 0.3) is 0 Å². The Kier molecular flexibility index (Phi) is 7.39. The fourth-order valence-corrected chi connectivity index (χ4v) is 2.94. The second-order valence-corrected chi connectivity index (χ2v) is 5.30. The molecule has 0 spiro atoms. The van der Waals surface area contributed by atoms with E-state index in [-0.39, 0.29) is 5.97 Å². The Morgan fingerprint density at radius 3 is 2.68 bits per heavy atom. The summed E-state index contributed by atoms with van der Waals surface area (Å²) in [5.74, 6) is -0.0205. The molecule has 1 aliphatic heterocycles. The highest BCUT2D eigenvalue weighted by molar-refractivity contribution is 5.80. The number of carbonyl (C=O) groups is 1. The van der Waals surface area contributed by atoms with E-state index < -0.39 is 5.54 Å². The van der Waals surface area contributed by atoms with Gasteiger partial charge in [0.25, 0.3) is 0 Å². The van der Waals surface area contributed by atoms with E-state index in [1.54, 1.807) is 0 Å². The number of ether oxygens (including phenoxy) is 1. The second-order valence-electron chi connectivity index (χ2n) is 5.30. The summed E-state index contributed by atoms with van der Waals surface area (Å²) in [7, 11) is 0. The van der Waals surface area contributed by atoms with E-state index in [4.69, 9.17) is 4.74 Å². The zero-order valence-corrected chi connectivity index (χ0v) is 12.8. The van der Waals surface area contributed by atoms with Gasteiger partial charge in [-0.25, -0.2) is 0 Å². The van der Waals surface area contributed by atoms with Crippen LogP contribution in [0.3, 0.4) is 0 Å². The largest absolute Gasteiger partial charge is 0.465 e. The number of unbranched alkanes of at least 4 members (excludes halogenated alkanes) is 1. The minimum atomic E-state index is -0.405. The van der Waals surface area contributed by atoms with Crippen LogP contribution in [-0.4, -0.2) is 49.2 Å². The molecule has 19 heavy (non-hydrogen) atoms. The van der Waals surface area contributed by atoms with Crippen molar-refractivity contribution < 1.29 is 9.53 Å². The average Bonchev–Trinajstić information content (AvgIpc) is 2.70. The Hall–Kier alpha value is -0.610. The SMILES string of the molecule is CCCCC(CC)(C(=O)OCC)N1CCCNCC1. The smallest absolute Gasteiger partial charge is 0.326 e. The normalized spacial score (nSPS) is 20.6. The second kappa shape index (κ2) is 8.54. The number of nitrogens with zero attached hydrogens (tertiary/aromatic N) is 1. The van der Waals surface area contributed by atoms with E-state index in [0.29, 0.717) is 6.61 Å². The van der Waals surface area contributed by atoms with E-state index in [1.807, 2.05) is 6.92 Å². The van der Waals surface area contributed by atoms with Crippen molar-refractivity contribution in [2.24, 2.45) is 0 Å². The van der Waals surface area contributed by atoms with Crippen LogP contribution in [0, 0.1) is 0 Å². The molecule has 0 aromatic heterocycles. The molecule has 1 aliphatic rings. The molecule has 1 rings (SSSR count). The quantitative estimate of drug-likeness (QED) is 0.720. The summed E-state index contributed by atoms with van der Waals surface area (Å²) >= 11 is 0. The number of carbonyl (C=O) groups excluding carboxylic acids is 1. The summed E-state index contributed by atoms with van der Waals surface area (Å²) in [4.78, 5) is 14.9. The standard InChI is InChI=1S/C15H30N2O2/c1-4-7-9-15(5-2,14(18)19-6-3)17-12-8-10-16-11-13-17/h16H,4-13H2,1-3H3. The van der Waals surface area contributed by atoms with Crippen LogP contribution in [0.1, 0.15) is 52.9 Å². The number of esters is 1. The van der Waals surface area contributed by atoms with E-state index in [9.17, 15) is 4.79 Å². The molecule has 0 amide bonds. The first-order chi connectivity index (χ1) is 9.21. The van der Waals surface area contributed by atoms with Gasteiger partial charge in [0.1, 0.15) is 5.54 Å². The Balaban J connectivity index is 2.88.